The van der Waals surface area contributed by atoms with Gasteiger partial charge in [-0.15, -0.1) is 0 Å². The van der Waals surface area contributed by atoms with Gasteiger partial charge in [0.15, 0.2) is 0 Å². The lowest BCUT2D eigenvalue weighted by atomic mass is 10.4. The summed E-state index contributed by atoms with van der Waals surface area (Å²) in [6.45, 7) is 3.58. The van der Waals surface area contributed by atoms with Gasteiger partial charge in [0.2, 0.25) is 0 Å². The summed E-state index contributed by atoms with van der Waals surface area (Å²) in [5.41, 5.74) is 0. The van der Waals surface area contributed by atoms with Gasteiger partial charge in [-0.05, 0) is 0 Å². The molecule has 5 heteroatoms. The number of unbranched alkanes of at least 4 members (excludes halogenated alkanes) is 1. The van der Waals surface area contributed by atoms with Gasteiger partial charge in [-0.25, -0.2) is 10.7 Å². The Balaban J connectivity index is -0.0000000965. The maximum Gasteiger partial charge on any atom is 0.329 e. The maximum atomic E-state index is 9.12. The molecule has 0 rings (SSSR count). The number of carboxylic acids is 1. The molecular weight excluding hydrogens is 150 g/mol. The van der Waals surface area contributed by atoms with Crippen LogP contribution in [0.2, 0.25) is 0 Å². The first-order valence-corrected chi connectivity index (χ1v) is 3.27. The van der Waals surface area contributed by atoms with Crippen LogP contribution < -0.4 is 5.90 Å². The van der Waals surface area contributed by atoms with Crippen LogP contribution in [-0.2, 0) is 4.79 Å². The van der Waals surface area contributed by atoms with Crippen LogP contribution in [0, 0.1) is 0 Å². The number of nitrogens with two attached hydrogens (primary N) is 1. The van der Waals surface area contributed by atoms with Crippen molar-refractivity contribution in [2.75, 3.05) is 6.61 Å². The number of rotatable bonds is 2. The summed E-state index contributed by atoms with van der Waals surface area (Å²) in [6, 6.07) is 0. The molecule has 5 N–H and O–H groups in total. The van der Waals surface area contributed by atoms with E-state index < -0.39 is 12.6 Å². The highest BCUT2D eigenvalue weighted by molar-refractivity contribution is 5.67. The summed E-state index contributed by atoms with van der Waals surface area (Å²) in [6.07, 6.45) is 2.64. The third-order valence-electron chi connectivity index (χ3n) is 0.635. The van der Waals surface area contributed by atoms with Crippen LogP contribution in [-0.4, -0.2) is 28.0 Å². The molecule has 0 radical (unpaired) electrons. The third kappa shape index (κ3) is 91.5. The second-order valence-corrected chi connectivity index (χ2v) is 1.55. The molecule has 0 unspecified atom stereocenters. The van der Waals surface area contributed by atoms with Gasteiger partial charge in [-0.1, -0.05) is 26.7 Å². The molecule has 0 aliphatic carbocycles. The van der Waals surface area contributed by atoms with Crippen molar-refractivity contribution in [1.82, 2.24) is 0 Å². The molecule has 0 aliphatic heterocycles. The predicted molar refractivity (Wildman–Crippen MR) is 41.3 cm³/mol. The SMILES string of the molecule is CCCC.NO.O=C(O)CO. The second-order valence-electron chi connectivity index (χ2n) is 1.55. The van der Waals surface area contributed by atoms with Crippen LogP contribution >= 0.6 is 0 Å². The topological polar surface area (TPSA) is 104 Å². The highest BCUT2D eigenvalue weighted by atomic mass is 16.4. The Morgan fingerprint density at radius 2 is 1.45 bits per heavy atom. The zero-order chi connectivity index (χ0) is 9.70. The number of carboxylic acid groups (broad SMARTS) is 1. The monoisotopic (exact) mass is 167 g/mol. The number of hydrogen-bond donors (Lipinski definition) is 4. The zero-order valence-electron chi connectivity index (χ0n) is 6.95. The molecule has 0 saturated heterocycles. The van der Waals surface area contributed by atoms with Crippen molar-refractivity contribution < 1.29 is 20.2 Å². The molecule has 0 atom stereocenters. The molecule has 0 saturated carbocycles. The summed E-state index contributed by atoms with van der Waals surface area (Å²) in [7, 11) is 0. The Hall–Kier alpha value is -0.650. The van der Waals surface area contributed by atoms with Crippen molar-refractivity contribution in [2.24, 2.45) is 5.90 Å². The van der Waals surface area contributed by atoms with E-state index in [4.69, 9.17) is 20.2 Å². The van der Waals surface area contributed by atoms with E-state index in [0.717, 1.165) is 0 Å². The molecule has 0 heterocycles. The lowest BCUT2D eigenvalue weighted by Gasteiger charge is -1.72. The van der Waals surface area contributed by atoms with E-state index >= 15 is 0 Å². The van der Waals surface area contributed by atoms with Crippen LogP contribution in [0.5, 0.6) is 0 Å². The van der Waals surface area contributed by atoms with Gasteiger partial charge in [-0.2, -0.15) is 0 Å². The van der Waals surface area contributed by atoms with Crippen LogP contribution in [0.15, 0.2) is 0 Å². The zero-order valence-corrected chi connectivity index (χ0v) is 6.95. The molecule has 0 aromatic carbocycles. The average Bonchev–Trinajstić information content (AvgIpc) is 2.08. The van der Waals surface area contributed by atoms with Crippen molar-refractivity contribution in [3.8, 4) is 0 Å². The lowest BCUT2D eigenvalue weighted by Crippen LogP contribution is -1.98. The number of aliphatic carboxylic acids is 1. The largest absolute Gasteiger partial charge is 0.480 e. The van der Waals surface area contributed by atoms with Crippen molar-refractivity contribution in [2.45, 2.75) is 26.7 Å². The summed E-state index contributed by atoms with van der Waals surface area (Å²) in [5.74, 6) is 2.31. The molecule has 5 nitrogen and oxygen atoms in total. The highest BCUT2D eigenvalue weighted by Gasteiger charge is 1.82. The second kappa shape index (κ2) is 22.8. The molecule has 70 valence electrons. The molecule has 0 aromatic rings. The maximum absolute atomic E-state index is 9.12. The summed E-state index contributed by atoms with van der Waals surface area (Å²) < 4.78 is 0. The first-order valence-electron chi connectivity index (χ1n) is 3.27. The third-order valence-corrected chi connectivity index (χ3v) is 0.635. The quantitative estimate of drug-likeness (QED) is 0.440. The van der Waals surface area contributed by atoms with Crippen molar-refractivity contribution in [3.05, 3.63) is 0 Å². The van der Waals surface area contributed by atoms with E-state index in [2.05, 4.69) is 19.7 Å². The molecule has 11 heavy (non-hydrogen) atoms. The van der Waals surface area contributed by atoms with Gasteiger partial charge in [0.05, 0.1) is 0 Å². The molecule has 0 aliphatic rings. The normalized spacial score (nSPS) is 6.64. The Labute approximate surface area is 66.4 Å². The van der Waals surface area contributed by atoms with Gasteiger partial charge in [0.1, 0.15) is 6.61 Å². The summed E-state index contributed by atoms with van der Waals surface area (Å²) in [4.78, 5) is 9.12. The van der Waals surface area contributed by atoms with Gasteiger partial charge >= 0.3 is 5.97 Å². The summed E-state index contributed by atoms with van der Waals surface area (Å²) >= 11 is 0. The number of carbonyl (C=O) groups is 1. The van der Waals surface area contributed by atoms with Gasteiger partial charge in [0.25, 0.3) is 0 Å². The summed E-state index contributed by atoms with van der Waals surface area (Å²) in [5, 5.41) is 21.5. The Morgan fingerprint density at radius 1 is 1.27 bits per heavy atom. The molecule has 0 spiro atoms. The molecule has 0 fully saturated rings. The van der Waals surface area contributed by atoms with E-state index in [9.17, 15) is 0 Å². The minimum atomic E-state index is -1.19. The van der Waals surface area contributed by atoms with Crippen LogP contribution in [0.1, 0.15) is 26.7 Å². The Kier molecular flexibility index (Phi) is 34.7. The van der Waals surface area contributed by atoms with Crippen LogP contribution in [0.25, 0.3) is 0 Å². The van der Waals surface area contributed by atoms with Crippen molar-refractivity contribution >= 4 is 5.97 Å². The molecule has 0 aromatic heterocycles. The van der Waals surface area contributed by atoms with Gasteiger partial charge in [0, 0.05) is 0 Å². The Bertz CT molecular complexity index is 65.6. The highest BCUT2D eigenvalue weighted by Crippen LogP contribution is 1.76. The number of aliphatic hydroxyl groups excluding tert-OH is 1. The minimum absolute atomic E-state index is 0.778. The fraction of sp³-hybridized carbons (Fsp3) is 0.833. The van der Waals surface area contributed by atoms with E-state index in [0.29, 0.717) is 0 Å². The lowest BCUT2D eigenvalue weighted by molar-refractivity contribution is -0.140. The number of aliphatic hydroxyl groups is 1. The van der Waals surface area contributed by atoms with Crippen molar-refractivity contribution in [1.29, 1.82) is 0 Å². The molecule has 0 bridgehead atoms. The van der Waals surface area contributed by atoms with E-state index in [1.807, 2.05) is 0 Å². The first kappa shape index (κ1) is 16.7. The Morgan fingerprint density at radius 3 is 1.45 bits per heavy atom. The van der Waals surface area contributed by atoms with E-state index in [-0.39, 0.29) is 0 Å². The molecule has 0 amide bonds. The fourth-order valence-corrected chi connectivity index (χ4v) is 0. The van der Waals surface area contributed by atoms with Crippen LogP contribution in [0.4, 0.5) is 0 Å². The van der Waals surface area contributed by atoms with Crippen molar-refractivity contribution in [3.63, 3.8) is 0 Å². The smallest absolute Gasteiger partial charge is 0.329 e. The molecular formula is C6H17NO4. The van der Waals surface area contributed by atoms with Gasteiger partial charge < -0.3 is 15.4 Å². The standard InChI is InChI=1S/C4H10.C2H4O3.H3NO/c1-3-4-2;3-1-2(4)5;1-2/h3-4H2,1-2H3;3H,1H2,(H,4,5);2H,1H2. The number of hydrogen-bond acceptors (Lipinski definition) is 4. The minimum Gasteiger partial charge on any atom is -0.480 e. The van der Waals surface area contributed by atoms with E-state index in [1.165, 1.54) is 12.8 Å². The average molecular weight is 167 g/mol. The van der Waals surface area contributed by atoms with E-state index in [1.54, 1.807) is 0 Å². The van der Waals surface area contributed by atoms with Gasteiger partial charge in [-0.3, -0.25) is 0 Å². The first-order chi connectivity index (χ1) is 5.18. The predicted octanol–water partition coefficient (Wildman–Crippen LogP) is 0.204. The fourth-order valence-electron chi connectivity index (χ4n) is 0. The van der Waals surface area contributed by atoms with Crippen LogP contribution in [0.3, 0.4) is 0 Å².